The molecule has 0 N–H and O–H groups in total. The van der Waals surface area contributed by atoms with Gasteiger partial charge in [-0.15, -0.1) is 0 Å². The van der Waals surface area contributed by atoms with E-state index in [1.54, 1.807) is 5.57 Å². The van der Waals surface area contributed by atoms with Gasteiger partial charge in [0, 0.05) is 0 Å². The van der Waals surface area contributed by atoms with Crippen molar-refractivity contribution in [3.05, 3.63) is 11.6 Å². The van der Waals surface area contributed by atoms with Crippen LogP contribution in [0.3, 0.4) is 0 Å². The first-order valence-electron chi connectivity index (χ1n) is 20.9. The molecule has 268 valence electrons. The fraction of sp³-hybridized carbons (Fsp3) is 0.951. The molecule has 0 atom stereocenters. The summed E-state index contributed by atoms with van der Waals surface area (Å²) in [7, 11) is 0. The Kier molecular flexibility index (Phi) is 14.1. The molecule has 5 heteroatoms. The van der Waals surface area contributed by atoms with Crippen molar-refractivity contribution in [3.8, 4) is 0 Å². The van der Waals surface area contributed by atoms with Gasteiger partial charge in [0.2, 0.25) is 0 Å². The third-order valence-corrected chi connectivity index (χ3v) is 40.7. The Bertz CT molecular complexity index is 806. The second-order valence-electron chi connectivity index (χ2n) is 18.0. The average molecular weight is 801 g/mol. The van der Waals surface area contributed by atoms with Gasteiger partial charge in [0.05, 0.1) is 0 Å². The summed E-state index contributed by atoms with van der Waals surface area (Å²) >= 11 is 19.6. The molecule has 0 bridgehead atoms. The van der Waals surface area contributed by atoms with E-state index in [-0.39, 0.29) is 19.5 Å². The summed E-state index contributed by atoms with van der Waals surface area (Å²) in [6, 6.07) is 0. The molecule has 0 aromatic carbocycles. The molecular formula is C41H74Cl2P2Ru+2. The standard InChI is InChI=1S/C41H74Cl2P2.Ru/c1-34(2)33-41(44(42,35-21-9-3-10-22-35,36-23-11-4-12-24-36)37-25-13-5-14-26-37)45(43,38-27-15-6-16-28-38,39-29-17-7-18-30-39)40-31-19-8-20-32-40;/h33,35-41H,3-32H2,1-2H3;/q;+2. The monoisotopic (exact) mass is 800 g/mol. The molecule has 0 saturated heterocycles. The molecule has 46 heavy (non-hydrogen) atoms. The van der Waals surface area contributed by atoms with Gasteiger partial charge in [0.25, 0.3) is 0 Å². The SMILES string of the molecule is CC(C)=CC(P(Cl)(C1CCCCC1)(C1CCCCC1)C1CCCCC1)P(Cl)(C1CCCCC1)(C1CCCCC1)C1CCCCC1.[Ru+2]. The maximum atomic E-state index is 9.81. The quantitative estimate of drug-likeness (QED) is 0.124. The van der Waals surface area contributed by atoms with Crippen LogP contribution < -0.4 is 0 Å². The van der Waals surface area contributed by atoms with Crippen LogP contribution in [0.5, 0.6) is 0 Å². The van der Waals surface area contributed by atoms with E-state index in [0.29, 0.717) is 5.40 Å². The summed E-state index contributed by atoms with van der Waals surface area (Å²) in [5, 5.41) is 0.541. The molecule has 6 saturated carbocycles. The van der Waals surface area contributed by atoms with Crippen LogP contribution >= 0.6 is 34.4 Å². The molecule has 0 spiro atoms. The largest absolute Gasteiger partial charge is 2.00 e. The number of allylic oxidation sites excluding steroid dienone is 2. The molecule has 6 aliphatic rings. The fourth-order valence-corrected chi connectivity index (χ4v) is 45.4. The van der Waals surface area contributed by atoms with Crippen molar-refractivity contribution in [1.82, 2.24) is 0 Å². The zero-order chi connectivity index (χ0) is 31.4. The van der Waals surface area contributed by atoms with Crippen molar-refractivity contribution >= 4 is 34.4 Å². The van der Waals surface area contributed by atoms with Crippen LogP contribution in [0.4, 0.5) is 0 Å². The van der Waals surface area contributed by atoms with Crippen LogP contribution in [-0.2, 0) is 19.5 Å². The summed E-state index contributed by atoms with van der Waals surface area (Å²) in [4.78, 5) is 0. The van der Waals surface area contributed by atoms with E-state index < -0.39 is 11.9 Å². The van der Waals surface area contributed by atoms with Gasteiger partial charge in [-0.1, -0.05) is 0 Å². The summed E-state index contributed by atoms with van der Waals surface area (Å²) in [5.74, 6) is -5.95. The summed E-state index contributed by atoms with van der Waals surface area (Å²) in [6.45, 7) is 4.96. The molecule has 0 radical (unpaired) electrons. The minimum Gasteiger partial charge on any atom is 2.00 e. The molecule has 0 unspecified atom stereocenters. The normalized spacial score (nSPS) is 29.0. The maximum absolute atomic E-state index is 9.81. The second-order valence-corrected chi connectivity index (χ2v) is 33.7. The van der Waals surface area contributed by atoms with Crippen LogP contribution in [0.1, 0.15) is 206 Å². The Morgan fingerprint density at radius 2 is 0.565 bits per heavy atom. The van der Waals surface area contributed by atoms with Crippen LogP contribution in [0.2, 0.25) is 0 Å². The average Bonchev–Trinajstić information content (AvgIpc) is 3.12. The van der Waals surface area contributed by atoms with Crippen LogP contribution in [0, 0.1) is 0 Å². The topological polar surface area (TPSA) is 0 Å². The summed E-state index contributed by atoms with van der Waals surface area (Å²) in [5.41, 5.74) is 6.21. The summed E-state index contributed by atoms with van der Waals surface area (Å²) < 4.78 is 0. The van der Waals surface area contributed by atoms with E-state index in [2.05, 4.69) is 19.9 Å². The zero-order valence-electron chi connectivity index (χ0n) is 30.3. The molecule has 6 aliphatic carbocycles. The minimum absolute atomic E-state index is 0. The van der Waals surface area contributed by atoms with Crippen LogP contribution in [0.15, 0.2) is 11.6 Å². The Morgan fingerprint density at radius 1 is 0.391 bits per heavy atom. The smallest absolute Gasteiger partial charge is 2.00 e. The molecule has 0 heterocycles. The first-order chi connectivity index (χ1) is 21.8. The fourth-order valence-electron chi connectivity index (χ4n) is 14.0. The molecule has 0 aliphatic heterocycles. The van der Waals surface area contributed by atoms with Crippen molar-refractivity contribution in [2.75, 3.05) is 0 Å². The van der Waals surface area contributed by atoms with Gasteiger partial charge in [0.15, 0.2) is 0 Å². The third kappa shape index (κ3) is 6.63. The van der Waals surface area contributed by atoms with Gasteiger partial charge >= 0.3 is 311 Å². The Balaban J connectivity index is 0.00000417. The predicted octanol–water partition coefficient (Wildman–Crippen LogP) is 15.7. The van der Waals surface area contributed by atoms with Gasteiger partial charge in [-0.3, -0.25) is 0 Å². The summed E-state index contributed by atoms with van der Waals surface area (Å²) in [6.07, 6.45) is 46.1. The van der Waals surface area contributed by atoms with Crippen molar-refractivity contribution in [1.29, 1.82) is 0 Å². The van der Waals surface area contributed by atoms with Crippen LogP contribution in [0.25, 0.3) is 0 Å². The molecular weight excluding hydrogens is 726 g/mol. The minimum atomic E-state index is -2.97. The van der Waals surface area contributed by atoms with Gasteiger partial charge < -0.3 is 0 Å². The third-order valence-electron chi connectivity index (χ3n) is 15.7. The van der Waals surface area contributed by atoms with E-state index in [4.69, 9.17) is 0 Å². The number of hydrogen-bond donors (Lipinski definition) is 0. The molecule has 0 aromatic rings. The van der Waals surface area contributed by atoms with Gasteiger partial charge in [0.1, 0.15) is 0 Å². The predicted molar refractivity (Wildman–Crippen MR) is 210 cm³/mol. The van der Waals surface area contributed by atoms with E-state index in [1.165, 1.54) is 193 Å². The van der Waals surface area contributed by atoms with Crippen LogP contribution in [-0.4, -0.2) is 39.4 Å². The van der Waals surface area contributed by atoms with Crippen molar-refractivity contribution < 1.29 is 19.5 Å². The molecule has 0 aromatic heterocycles. The molecule has 0 amide bonds. The molecule has 6 fully saturated rings. The number of hydrogen-bond acceptors (Lipinski definition) is 0. The van der Waals surface area contributed by atoms with E-state index >= 15 is 0 Å². The maximum Gasteiger partial charge on any atom is 2.00 e. The Hall–Kier alpha value is 1.80. The Morgan fingerprint density at radius 3 is 0.717 bits per heavy atom. The van der Waals surface area contributed by atoms with Gasteiger partial charge in [-0.2, -0.15) is 0 Å². The van der Waals surface area contributed by atoms with E-state index in [0.717, 1.165) is 34.0 Å². The van der Waals surface area contributed by atoms with Crippen molar-refractivity contribution in [3.63, 3.8) is 0 Å². The zero-order valence-corrected chi connectivity index (χ0v) is 35.4. The number of halogens is 2. The number of rotatable bonds is 9. The van der Waals surface area contributed by atoms with E-state index in [9.17, 15) is 22.5 Å². The molecule has 6 rings (SSSR count). The van der Waals surface area contributed by atoms with Crippen molar-refractivity contribution in [2.45, 2.75) is 246 Å². The van der Waals surface area contributed by atoms with E-state index in [1.807, 2.05) is 0 Å². The van der Waals surface area contributed by atoms with Gasteiger partial charge in [-0.25, -0.2) is 0 Å². The van der Waals surface area contributed by atoms with Crippen molar-refractivity contribution in [2.24, 2.45) is 0 Å². The Labute approximate surface area is 309 Å². The second kappa shape index (κ2) is 16.6. The first kappa shape index (κ1) is 39.0. The van der Waals surface area contributed by atoms with Gasteiger partial charge in [-0.05, 0) is 0 Å². The molecule has 0 nitrogen and oxygen atoms in total. The first-order valence-corrected chi connectivity index (χ1v) is 27.8.